The van der Waals surface area contributed by atoms with Gasteiger partial charge in [-0.3, -0.25) is 4.79 Å². The van der Waals surface area contributed by atoms with Crippen LogP contribution in [0.25, 0.3) is 0 Å². The Balaban J connectivity index is 1.47. The van der Waals surface area contributed by atoms with E-state index in [1.807, 2.05) is 17.0 Å². The number of benzene rings is 1. The quantitative estimate of drug-likeness (QED) is 0.887. The number of carboxylic acids is 1. The summed E-state index contributed by atoms with van der Waals surface area (Å²) in [5.41, 5.74) is 1.23. The number of piperazine rings is 1. The highest BCUT2D eigenvalue weighted by atomic mass is 16.4. The highest BCUT2D eigenvalue weighted by Gasteiger charge is 2.21. The van der Waals surface area contributed by atoms with Crippen LogP contribution in [0.1, 0.15) is 22.3 Å². The van der Waals surface area contributed by atoms with Gasteiger partial charge in [-0.15, -0.1) is 5.10 Å². The normalized spacial score (nSPS) is 14.4. The van der Waals surface area contributed by atoms with Gasteiger partial charge in [0.2, 0.25) is 5.91 Å². The number of amides is 1. The molecule has 130 valence electrons. The molecule has 1 aromatic carbocycles. The third kappa shape index (κ3) is 4.32. The third-order valence-corrected chi connectivity index (χ3v) is 4.34. The molecule has 7 nitrogen and oxygen atoms in total. The fraction of sp³-hybridized carbons (Fsp3) is 0.333. The van der Waals surface area contributed by atoms with Crippen molar-refractivity contribution in [3.8, 4) is 0 Å². The van der Waals surface area contributed by atoms with Crippen molar-refractivity contribution in [2.75, 3.05) is 31.1 Å². The van der Waals surface area contributed by atoms with Gasteiger partial charge in [0.1, 0.15) is 0 Å². The van der Waals surface area contributed by atoms with E-state index in [9.17, 15) is 9.59 Å². The molecule has 2 aromatic rings. The van der Waals surface area contributed by atoms with E-state index in [-0.39, 0.29) is 11.5 Å². The Hall–Kier alpha value is -2.96. The monoisotopic (exact) mass is 340 g/mol. The molecule has 0 radical (unpaired) electrons. The molecule has 0 spiro atoms. The zero-order valence-corrected chi connectivity index (χ0v) is 13.8. The Morgan fingerprint density at radius 2 is 1.76 bits per heavy atom. The zero-order valence-electron chi connectivity index (χ0n) is 13.8. The van der Waals surface area contributed by atoms with Crippen LogP contribution in [-0.2, 0) is 11.2 Å². The number of carbonyl (C=O) groups excluding carboxylic acids is 1. The first kappa shape index (κ1) is 16.9. The summed E-state index contributed by atoms with van der Waals surface area (Å²) < 4.78 is 0. The maximum atomic E-state index is 12.4. The van der Waals surface area contributed by atoms with E-state index >= 15 is 0 Å². The maximum absolute atomic E-state index is 12.4. The van der Waals surface area contributed by atoms with Crippen molar-refractivity contribution < 1.29 is 14.7 Å². The first-order valence-corrected chi connectivity index (χ1v) is 8.26. The van der Waals surface area contributed by atoms with Crippen LogP contribution in [0.3, 0.4) is 0 Å². The molecule has 0 aliphatic carbocycles. The molecule has 0 saturated carbocycles. The van der Waals surface area contributed by atoms with Crippen LogP contribution in [0.4, 0.5) is 5.82 Å². The summed E-state index contributed by atoms with van der Waals surface area (Å²) in [6.07, 6.45) is 2.69. The average molecular weight is 340 g/mol. The number of hydrogen-bond donors (Lipinski definition) is 1. The summed E-state index contributed by atoms with van der Waals surface area (Å²) in [7, 11) is 0. The topological polar surface area (TPSA) is 86.6 Å². The minimum Gasteiger partial charge on any atom is -0.478 e. The lowest BCUT2D eigenvalue weighted by molar-refractivity contribution is -0.131. The summed E-state index contributed by atoms with van der Waals surface area (Å²) in [5, 5.41) is 16.9. The van der Waals surface area contributed by atoms with E-state index in [4.69, 9.17) is 5.11 Å². The van der Waals surface area contributed by atoms with Gasteiger partial charge < -0.3 is 14.9 Å². The second kappa shape index (κ2) is 7.74. The van der Waals surface area contributed by atoms with Crippen molar-refractivity contribution in [3.63, 3.8) is 0 Å². The summed E-state index contributed by atoms with van der Waals surface area (Å²) in [6.45, 7) is 2.84. The van der Waals surface area contributed by atoms with Gasteiger partial charge in [0.25, 0.3) is 0 Å². The number of aryl methyl sites for hydroxylation is 1. The predicted molar refractivity (Wildman–Crippen MR) is 92.5 cm³/mol. The smallest absolute Gasteiger partial charge is 0.335 e. The molecule has 7 heteroatoms. The SMILES string of the molecule is O=C(O)c1ccc(CCC(=O)N2CCN(c3cccnn3)CC2)cc1. The molecule has 1 aliphatic heterocycles. The molecular weight excluding hydrogens is 320 g/mol. The van der Waals surface area contributed by atoms with E-state index in [1.165, 1.54) is 0 Å². The van der Waals surface area contributed by atoms with Crippen LogP contribution >= 0.6 is 0 Å². The Bertz CT molecular complexity index is 726. The van der Waals surface area contributed by atoms with Gasteiger partial charge in [0.15, 0.2) is 5.82 Å². The van der Waals surface area contributed by atoms with Gasteiger partial charge in [-0.1, -0.05) is 12.1 Å². The number of carboxylic acid groups (broad SMARTS) is 1. The molecule has 25 heavy (non-hydrogen) atoms. The second-order valence-electron chi connectivity index (χ2n) is 5.95. The van der Waals surface area contributed by atoms with Crippen LogP contribution < -0.4 is 4.90 Å². The van der Waals surface area contributed by atoms with Gasteiger partial charge in [-0.2, -0.15) is 5.10 Å². The van der Waals surface area contributed by atoms with Gasteiger partial charge in [-0.25, -0.2) is 4.79 Å². The van der Waals surface area contributed by atoms with Crippen LogP contribution in [0.15, 0.2) is 42.6 Å². The molecule has 0 unspecified atom stereocenters. The number of nitrogens with zero attached hydrogens (tertiary/aromatic N) is 4. The Morgan fingerprint density at radius 1 is 1.04 bits per heavy atom. The number of aromatic carboxylic acids is 1. The van der Waals surface area contributed by atoms with E-state index in [1.54, 1.807) is 30.5 Å². The molecule has 1 aliphatic rings. The number of anilines is 1. The summed E-state index contributed by atoms with van der Waals surface area (Å²) in [5.74, 6) is 0.0258. The lowest BCUT2D eigenvalue weighted by Crippen LogP contribution is -2.49. The molecule has 0 bridgehead atoms. The highest BCUT2D eigenvalue weighted by molar-refractivity contribution is 5.87. The lowest BCUT2D eigenvalue weighted by atomic mass is 10.1. The minimum atomic E-state index is -0.941. The molecule has 1 aromatic heterocycles. The summed E-state index contributed by atoms with van der Waals surface area (Å²) >= 11 is 0. The minimum absolute atomic E-state index is 0.126. The Kier molecular flexibility index (Phi) is 5.23. The first-order valence-electron chi connectivity index (χ1n) is 8.26. The summed E-state index contributed by atoms with van der Waals surface area (Å²) in [4.78, 5) is 27.2. The number of aromatic nitrogens is 2. The van der Waals surface area contributed by atoms with Crippen LogP contribution in [0.5, 0.6) is 0 Å². The predicted octanol–water partition coefficient (Wildman–Crippen LogP) is 1.46. The molecule has 3 rings (SSSR count). The first-order chi connectivity index (χ1) is 12.1. The van der Waals surface area contributed by atoms with Crippen molar-refractivity contribution >= 4 is 17.7 Å². The molecule has 1 saturated heterocycles. The molecule has 2 heterocycles. The van der Waals surface area contributed by atoms with E-state index in [0.717, 1.165) is 24.5 Å². The largest absolute Gasteiger partial charge is 0.478 e. The zero-order chi connectivity index (χ0) is 17.6. The van der Waals surface area contributed by atoms with Gasteiger partial charge in [0, 0.05) is 38.8 Å². The van der Waals surface area contributed by atoms with Crippen molar-refractivity contribution in [3.05, 3.63) is 53.7 Å². The third-order valence-electron chi connectivity index (χ3n) is 4.34. The van der Waals surface area contributed by atoms with Crippen LogP contribution in [-0.4, -0.2) is 58.3 Å². The molecule has 1 amide bonds. The fourth-order valence-electron chi connectivity index (χ4n) is 2.87. The molecule has 1 N–H and O–H groups in total. The standard InChI is InChI=1S/C18H20N4O3/c23-17(8-5-14-3-6-15(7-4-14)18(24)25)22-12-10-21(11-13-22)16-2-1-9-19-20-16/h1-4,6-7,9H,5,8,10-13H2,(H,24,25). The van der Waals surface area contributed by atoms with Crippen molar-refractivity contribution in [2.45, 2.75) is 12.8 Å². The maximum Gasteiger partial charge on any atom is 0.335 e. The molecule has 0 atom stereocenters. The number of rotatable bonds is 5. The second-order valence-corrected chi connectivity index (χ2v) is 5.95. The Morgan fingerprint density at radius 3 is 2.36 bits per heavy atom. The van der Waals surface area contributed by atoms with Gasteiger partial charge in [0.05, 0.1) is 5.56 Å². The lowest BCUT2D eigenvalue weighted by Gasteiger charge is -2.35. The van der Waals surface area contributed by atoms with E-state index in [2.05, 4.69) is 15.1 Å². The average Bonchev–Trinajstić information content (AvgIpc) is 2.67. The highest BCUT2D eigenvalue weighted by Crippen LogP contribution is 2.13. The number of hydrogen-bond acceptors (Lipinski definition) is 5. The van der Waals surface area contributed by atoms with Crippen LogP contribution in [0.2, 0.25) is 0 Å². The van der Waals surface area contributed by atoms with E-state index < -0.39 is 5.97 Å². The van der Waals surface area contributed by atoms with Crippen molar-refractivity contribution in [2.24, 2.45) is 0 Å². The fourth-order valence-corrected chi connectivity index (χ4v) is 2.87. The van der Waals surface area contributed by atoms with E-state index in [0.29, 0.717) is 25.9 Å². The van der Waals surface area contributed by atoms with Gasteiger partial charge >= 0.3 is 5.97 Å². The molecular formula is C18H20N4O3. The van der Waals surface area contributed by atoms with Crippen molar-refractivity contribution in [1.29, 1.82) is 0 Å². The Labute approximate surface area is 145 Å². The van der Waals surface area contributed by atoms with Gasteiger partial charge in [-0.05, 0) is 36.2 Å². The number of carbonyl (C=O) groups is 2. The van der Waals surface area contributed by atoms with Crippen molar-refractivity contribution in [1.82, 2.24) is 15.1 Å². The molecule has 1 fully saturated rings. The van der Waals surface area contributed by atoms with Crippen LogP contribution in [0, 0.1) is 0 Å². The summed E-state index contributed by atoms with van der Waals surface area (Å²) in [6, 6.07) is 10.5.